The molecule has 1 saturated heterocycles. The van der Waals surface area contributed by atoms with Gasteiger partial charge in [-0.1, -0.05) is 29.3 Å². The molecule has 1 aliphatic heterocycles. The Hall–Kier alpha value is -1.42. The van der Waals surface area contributed by atoms with Gasteiger partial charge in [0.15, 0.2) is 5.11 Å². The first kappa shape index (κ1) is 10.1. The van der Waals surface area contributed by atoms with E-state index < -0.39 is 0 Å². The van der Waals surface area contributed by atoms with E-state index in [1.165, 1.54) is 0 Å². The van der Waals surface area contributed by atoms with E-state index in [4.69, 9.17) is 12.2 Å². The monoisotopic (exact) mass is 220 g/mol. The molecule has 1 atom stereocenters. The smallest absolute Gasteiger partial charge is 0.253 e. The minimum atomic E-state index is -0.337. The maximum absolute atomic E-state index is 11.5. The fourth-order valence-electron chi connectivity index (χ4n) is 1.83. The van der Waals surface area contributed by atoms with Crippen LogP contribution in [0.5, 0.6) is 0 Å². The van der Waals surface area contributed by atoms with Crippen LogP contribution in [0.25, 0.3) is 0 Å². The Bertz CT molecular complexity index is 422. The second kappa shape index (κ2) is 3.62. The fourth-order valence-corrected chi connectivity index (χ4v) is 2.05. The number of benzene rings is 1. The zero-order valence-corrected chi connectivity index (χ0v) is 9.44. The normalized spacial score (nSPS) is 20.0. The van der Waals surface area contributed by atoms with Crippen LogP contribution in [0.15, 0.2) is 18.2 Å². The lowest BCUT2D eigenvalue weighted by atomic mass is 10.0. The van der Waals surface area contributed by atoms with Gasteiger partial charge in [0, 0.05) is 0 Å². The molecule has 1 heterocycles. The molecule has 15 heavy (non-hydrogen) atoms. The Kier molecular flexibility index (Phi) is 2.44. The van der Waals surface area contributed by atoms with Gasteiger partial charge < -0.3 is 10.6 Å². The van der Waals surface area contributed by atoms with Crippen molar-refractivity contribution in [2.75, 3.05) is 0 Å². The van der Waals surface area contributed by atoms with Gasteiger partial charge in [0.25, 0.3) is 5.91 Å². The molecule has 1 unspecified atom stereocenters. The highest BCUT2D eigenvalue weighted by Crippen LogP contribution is 2.19. The van der Waals surface area contributed by atoms with Gasteiger partial charge in [0.1, 0.15) is 6.04 Å². The number of carbonyl (C=O) groups is 1. The summed E-state index contributed by atoms with van der Waals surface area (Å²) >= 11 is 4.90. The number of nitrogens with one attached hydrogen (secondary N) is 2. The summed E-state index contributed by atoms with van der Waals surface area (Å²) in [5.41, 5.74) is 3.26. The van der Waals surface area contributed by atoms with Gasteiger partial charge in [-0.15, -0.1) is 0 Å². The van der Waals surface area contributed by atoms with Gasteiger partial charge >= 0.3 is 0 Å². The number of carbonyl (C=O) groups excluding carboxylic acids is 1. The average Bonchev–Trinajstić information content (AvgIpc) is 2.43. The minimum absolute atomic E-state index is 0.0787. The molecule has 1 aromatic carbocycles. The van der Waals surface area contributed by atoms with E-state index in [0.717, 1.165) is 16.7 Å². The number of rotatable bonds is 1. The van der Waals surface area contributed by atoms with Crippen molar-refractivity contribution in [1.82, 2.24) is 10.6 Å². The van der Waals surface area contributed by atoms with Crippen LogP contribution in [0.4, 0.5) is 0 Å². The number of hydrogen-bond acceptors (Lipinski definition) is 2. The summed E-state index contributed by atoms with van der Waals surface area (Å²) in [6.07, 6.45) is 0. The summed E-state index contributed by atoms with van der Waals surface area (Å²) in [5, 5.41) is 5.94. The van der Waals surface area contributed by atoms with E-state index in [1.807, 2.05) is 26.0 Å². The van der Waals surface area contributed by atoms with Crippen LogP contribution in [-0.4, -0.2) is 11.0 Å². The summed E-state index contributed by atoms with van der Waals surface area (Å²) in [7, 11) is 0. The summed E-state index contributed by atoms with van der Waals surface area (Å²) in [5.74, 6) is -0.0787. The van der Waals surface area contributed by atoms with Crippen molar-refractivity contribution in [3.8, 4) is 0 Å². The summed E-state index contributed by atoms with van der Waals surface area (Å²) < 4.78 is 0. The molecule has 1 aliphatic rings. The highest BCUT2D eigenvalue weighted by Gasteiger charge is 2.28. The Labute approximate surface area is 93.9 Å². The van der Waals surface area contributed by atoms with Crippen LogP contribution >= 0.6 is 12.2 Å². The molecule has 2 rings (SSSR count). The second-order valence-corrected chi connectivity index (χ2v) is 4.23. The van der Waals surface area contributed by atoms with Crippen molar-refractivity contribution >= 4 is 23.2 Å². The van der Waals surface area contributed by atoms with Crippen LogP contribution in [-0.2, 0) is 4.79 Å². The lowest BCUT2D eigenvalue weighted by Gasteiger charge is -2.10. The minimum Gasteiger partial charge on any atom is -0.347 e. The van der Waals surface area contributed by atoms with E-state index >= 15 is 0 Å². The predicted octanol–water partition coefficient (Wildman–Crippen LogP) is 1.35. The van der Waals surface area contributed by atoms with Gasteiger partial charge in [-0.2, -0.15) is 0 Å². The zero-order chi connectivity index (χ0) is 11.0. The van der Waals surface area contributed by atoms with Gasteiger partial charge in [-0.3, -0.25) is 4.79 Å². The van der Waals surface area contributed by atoms with E-state index in [2.05, 4.69) is 16.7 Å². The first-order chi connectivity index (χ1) is 7.06. The molecule has 0 radical (unpaired) electrons. The van der Waals surface area contributed by atoms with Crippen LogP contribution in [0.2, 0.25) is 0 Å². The van der Waals surface area contributed by atoms with Crippen molar-refractivity contribution in [2.24, 2.45) is 0 Å². The molecule has 78 valence electrons. The Morgan fingerprint density at radius 3 is 2.27 bits per heavy atom. The summed E-state index contributed by atoms with van der Waals surface area (Å²) in [6, 6.07) is 5.74. The summed E-state index contributed by atoms with van der Waals surface area (Å²) in [4.78, 5) is 11.5. The van der Waals surface area contributed by atoms with E-state index in [-0.39, 0.29) is 11.9 Å². The number of thiocarbonyl (C=S) groups is 1. The van der Waals surface area contributed by atoms with Gasteiger partial charge in [0.05, 0.1) is 0 Å². The summed E-state index contributed by atoms with van der Waals surface area (Å²) in [6.45, 7) is 4.03. The molecule has 0 aliphatic carbocycles. The highest BCUT2D eigenvalue weighted by atomic mass is 32.1. The molecule has 0 bridgehead atoms. The third-order valence-corrected chi connectivity index (χ3v) is 2.57. The van der Waals surface area contributed by atoms with Gasteiger partial charge in [-0.05, 0) is 31.6 Å². The lowest BCUT2D eigenvalue weighted by molar-refractivity contribution is -0.120. The zero-order valence-electron chi connectivity index (χ0n) is 8.63. The molecule has 0 saturated carbocycles. The molecule has 1 aromatic rings. The van der Waals surface area contributed by atoms with Crippen molar-refractivity contribution < 1.29 is 4.79 Å². The third kappa shape index (κ3) is 1.99. The van der Waals surface area contributed by atoms with Crippen LogP contribution in [0.1, 0.15) is 22.7 Å². The maximum Gasteiger partial charge on any atom is 0.253 e. The average molecular weight is 220 g/mol. The highest BCUT2D eigenvalue weighted by molar-refractivity contribution is 7.80. The topological polar surface area (TPSA) is 41.1 Å². The van der Waals surface area contributed by atoms with Crippen LogP contribution in [0.3, 0.4) is 0 Å². The lowest BCUT2D eigenvalue weighted by Crippen LogP contribution is -2.21. The van der Waals surface area contributed by atoms with Crippen LogP contribution in [0, 0.1) is 13.8 Å². The second-order valence-electron chi connectivity index (χ2n) is 3.82. The Balaban J connectivity index is 2.37. The van der Waals surface area contributed by atoms with Crippen molar-refractivity contribution in [1.29, 1.82) is 0 Å². The van der Waals surface area contributed by atoms with E-state index in [1.54, 1.807) is 0 Å². The van der Waals surface area contributed by atoms with Crippen molar-refractivity contribution in [2.45, 2.75) is 19.9 Å². The fraction of sp³-hybridized carbons (Fsp3) is 0.273. The van der Waals surface area contributed by atoms with Crippen molar-refractivity contribution in [3.63, 3.8) is 0 Å². The molecule has 1 fully saturated rings. The van der Waals surface area contributed by atoms with Gasteiger partial charge in [-0.25, -0.2) is 0 Å². The Morgan fingerprint density at radius 1 is 1.20 bits per heavy atom. The van der Waals surface area contributed by atoms with Crippen LogP contribution < -0.4 is 10.6 Å². The Morgan fingerprint density at radius 2 is 1.80 bits per heavy atom. The standard InChI is InChI=1S/C11H12N2OS/c1-6-3-7(2)5-8(4-6)9-10(14)13-11(15)12-9/h3-5,9H,1-2H3,(H2,12,13,14,15). The predicted molar refractivity (Wildman–Crippen MR) is 62.5 cm³/mol. The molecular weight excluding hydrogens is 208 g/mol. The van der Waals surface area contributed by atoms with Gasteiger partial charge in [0.2, 0.25) is 0 Å². The first-order valence-corrected chi connectivity index (χ1v) is 5.16. The third-order valence-electron chi connectivity index (χ3n) is 2.35. The molecule has 0 spiro atoms. The maximum atomic E-state index is 11.5. The molecule has 3 nitrogen and oxygen atoms in total. The molecule has 0 aromatic heterocycles. The number of aryl methyl sites for hydroxylation is 2. The molecule has 2 N–H and O–H groups in total. The largest absolute Gasteiger partial charge is 0.347 e. The van der Waals surface area contributed by atoms with Crippen molar-refractivity contribution in [3.05, 3.63) is 34.9 Å². The molecule has 4 heteroatoms. The van der Waals surface area contributed by atoms with E-state index in [9.17, 15) is 4.79 Å². The first-order valence-electron chi connectivity index (χ1n) is 4.76. The molecular formula is C11H12N2OS. The quantitative estimate of drug-likeness (QED) is 0.702. The molecule has 1 amide bonds. The number of amides is 1. The number of hydrogen-bond donors (Lipinski definition) is 2. The van der Waals surface area contributed by atoms with E-state index in [0.29, 0.717) is 5.11 Å². The SMILES string of the molecule is Cc1cc(C)cc(C2NC(=S)NC2=O)c1.